The van der Waals surface area contributed by atoms with Crippen LogP contribution in [-0.4, -0.2) is 11.5 Å². The van der Waals surface area contributed by atoms with Gasteiger partial charge in [-0.15, -0.1) is 0 Å². The van der Waals surface area contributed by atoms with Crippen LogP contribution in [0.1, 0.15) is 24.1 Å². The molecule has 57 valence electrons. The van der Waals surface area contributed by atoms with Crippen molar-refractivity contribution in [1.29, 1.82) is 0 Å². The Morgan fingerprint density at radius 2 is 2.64 bits per heavy atom. The summed E-state index contributed by atoms with van der Waals surface area (Å²) < 4.78 is 0. The Bertz CT molecular complexity index is 257. The van der Waals surface area contributed by atoms with E-state index in [0.717, 1.165) is 13.0 Å². The van der Waals surface area contributed by atoms with E-state index in [0.29, 0.717) is 6.04 Å². The first-order valence-electron chi connectivity index (χ1n) is 3.96. The molecule has 1 aromatic rings. The molecule has 0 bridgehead atoms. The van der Waals surface area contributed by atoms with Gasteiger partial charge in [0.2, 0.25) is 0 Å². The molecule has 1 aromatic heterocycles. The standard InChI is InChI=1S/C9H11N2/c1-7-9-3-4-10-6-8(9)2-5-11-7/h3,6-7,11H,2,5H2,1H3. The molecule has 0 saturated heterocycles. The van der Waals surface area contributed by atoms with E-state index in [4.69, 9.17) is 0 Å². The molecule has 0 spiro atoms. The largest absolute Gasteiger partial charge is 0.310 e. The quantitative estimate of drug-likeness (QED) is 0.594. The van der Waals surface area contributed by atoms with E-state index < -0.39 is 0 Å². The van der Waals surface area contributed by atoms with Crippen molar-refractivity contribution in [2.75, 3.05) is 6.54 Å². The molecule has 0 amide bonds. The number of rotatable bonds is 0. The molecule has 2 nitrogen and oxygen atoms in total. The predicted molar refractivity (Wildman–Crippen MR) is 43.2 cm³/mol. The lowest BCUT2D eigenvalue weighted by atomic mass is 9.98. The highest BCUT2D eigenvalue weighted by atomic mass is 14.9. The molecule has 0 aliphatic carbocycles. The number of pyridine rings is 1. The molecule has 11 heavy (non-hydrogen) atoms. The van der Waals surface area contributed by atoms with Crippen molar-refractivity contribution in [3.63, 3.8) is 0 Å². The highest BCUT2D eigenvalue weighted by molar-refractivity contribution is 5.28. The van der Waals surface area contributed by atoms with Crippen LogP contribution in [0, 0.1) is 6.20 Å². The van der Waals surface area contributed by atoms with E-state index in [1.807, 2.05) is 12.3 Å². The summed E-state index contributed by atoms with van der Waals surface area (Å²) in [5, 5.41) is 3.39. The van der Waals surface area contributed by atoms with Crippen LogP contribution in [0.15, 0.2) is 12.3 Å². The van der Waals surface area contributed by atoms with Crippen molar-refractivity contribution in [1.82, 2.24) is 10.3 Å². The molecule has 2 rings (SSSR count). The Morgan fingerprint density at radius 1 is 1.73 bits per heavy atom. The second-order valence-electron chi connectivity index (χ2n) is 2.94. The first-order valence-corrected chi connectivity index (χ1v) is 3.96. The molecule has 2 heteroatoms. The second kappa shape index (κ2) is 2.62. The molecule has 2 heterocycles. The summed E-state index contributed by atoms with van der Waals surface area (Å²) in [6.07, 6.45) is 5.88. The number of aromatic nitrogens is 1. The third-order valence-corrected chi connectivity index (χ3v) is 2.20. The van der Waals surface area contributed by atoms with Crippen LogP contribution in [-0.2, 0) is 6.42 Å². The van der Waals surface area contributed by atoms with Gasteiger partial charge in [0, 0.05) is 12.2 Å². The monoisotopic (exact) mass is 147 g/mol. The average molecular weight is 147 g/mol. The summed E-state index contributed by atoms with van der Waals surface area (Å²) in [6, 6.07) is 2.45. The zero-order valence-electron chi connectivity index (χ0n) is 6.59. The second-order valence-corrected chi connectivity index (χ2v) is 2.94. The number of nitrogens with one attached hydrogen (secondary N) is 1. The van der Waals surface area contributed by atoms with Crippen molar-refractivity contribution in [3.05, 3.63) is 29.6 Å². The Labute approximate surface area is 66.7 Å². The summed E-state index contributed by atoms with van der Waals surface area (Å²) >= 11 is 0. The Morgan fingerprint density at radius 3 is 3.45 bits per heavy atom. The smallest absolute Gasteiger partial charge is 0.0889 e. The Kier molecular flexibility index (Phi) is 1.62. The third kappa shape index (κ3) is 1.14. The van der Waals surface area contributed by atoms with E-state index in [9.17, 15) is 0 Å². The summed E-state index contributed by atoms with van der Waals surface area (Å²) in [6.45, 7) is 3.24. The number of hydrogen-bond acceptors (Lipinski definition) is 2. The van der Waals surface area contributed by atoms with E-state index in [-0.39, 0.29) is 0 Å². The maximum Gasteiger partial charge on any atom is 0.0889 e. The number of fused-ring (bicyclic) bond motifs is 1. The summed E-state index contributed by atoms with van der Waals surface area (Å²) in [5.74, 6) is 0. The molecule has 1 radical (unpaired) electrons. The minimum atomic E-state index is 0.470. The minimum absolute atomic E-state index is 0.470. The molecular formula is C9H11N2. The van der Waals surface area contributed by atoms with Crippen LogP contribution < -0.4 is 5.32 Å². The van der Waals surface area contributed by atoms with Crippen LogP contribution in [0.5, 0.6) is 0 Å². The average Bonchev–Trinajstić information content (AvgIpc) is 2.06. The normalized spacial score (nSPS) is 22.8. The van der Waals surface area contributed by atoms with Crippen LogP contribution in [0.25, 0.3) is 0 Å². The van der Waals surface area contributed by atoms with Gasteiger partial charge in [-0.2, -0.15) is 0 Å². The van der Waals surface area contributed by atoms with Gasteiger partial charge in [-0.1, -0.05) is 0 Å². The molecule has 0 saturated carbocycles. The Hall–Kier alpha value is -0.890. The van der Waals surface area contributed by atoms with Gasteiger partial charge in [0.25, 0.3) is 0 Å². The maximum absolute atomic E-state index is 3.98. The molecule has 1 aliphatic heterocycles. The summed E-state index contributed by atoms with van der Waals surface area (Å²) in [4.78, 5) is 3.98. The highest BCUT2D eigenvalue weighted by Crippen LogP contribution is 2.19. The van der Waals surface area contributed by atoms with Gasteiger partial charge in [-0.3, -0.25) is 4.98 Å². The van der Waals surface area contributed by atoms with Crippen LogP contribution in [0.4, 0.5) is 0 Å². The van der Waals surface area contributed by atoms with Gasteiger partial charge in [0.15, 0.2) is 0 Å². The van der Waals surface area contributed by atoms with Crippen molar-refractivity contribution in [3.8, 4) is 0 Å². The topological polar surface area (TPSA) is 24.9 Å². The number of hydrogen-bond donors (Lipinski definition) is 1. The van der Waals surface area contributed by atoms with E-state index >= 15 is 0 Å². The summed E-state index contributed by atoms with van der Waals surface area (Å²) in [5.41, 5.74) is 2.72. The van der Waals surface area contributed by atoms with Crippen LogP contribution in [0.3, 0.4) is 0 Å². The molecule has 0 fully saturated rings. The van der Waals surface area contributed by atoms with E-state index in [1.165, 1.54) is 11.1 Å². The zero-order chi connectivity index (χ0) is 7.68. The molecule has 1 N–H and O–H groups in total. The van der Waals surface area contributed by atoms with Crippen molar-refractivity contribution in [2.45, 2.75) is 19.4 Å². The van der Waals surface area contributed by atoms with Gasteiger partial charge < -0.3 is 5.32 Å². The predicted octanol–water partition coefficient (Wildman–Crippen LogP) is 1.09. The van der Waals surface area contributed by atoms with Crippen molar-refractivity contribution >= 4 is 0 Å². The van der Waals surface area contributed by atoms with E-state index in [2.05, 4.69) is 23.4 Å². The van der Waals surface area contributed by atoms with Gasteiger partial charge in [0.05, 0.1) is 6.20 Å². The van der Waals surface area contributed by atoms with Crippen molar-refractivity contribution < 1.29 is 0 Å². The number of nitrogens with zero attached hydrogens (tertiary/aromatic N) is 1. The Balaban J connectivity index is 2.44. The lowest BCUT2D eigenvalue weighted by Gasteiger charge is -2.22. The summed E-state index contributed by atoms with van der Waals surface area (Å²) in [7, 11) is 0. The lowest BCUT2D eigenvalue weighted by Crippen LogP contribution is -2.27. The van der Waals surface area contributed by atoms with Gasteiger partial charge >= 0.3 is 0 Å². The van der Waals surface area contributed by atoms with Crippen LogP contribution in [0.2, 0.25) is 0 Å². The molecular weight excluding hydrogens is 136 g/mol. The van der Waals surface area contributed by atoms with Gasteiger partial charge in [-0.25, -0.2) is 0 Å². The highest BCUT2D eigenvalue weighted by Gasteiger charge is 2.14. The lowest BCUT2D eigenvalue weighted by molar-refractivity contribution is 0.539. The molecule has 1 unspecified atom stereocenters. The molecule has 0 aromatic carbocycles. The van der Waals surface area contributed by atoms with Crippen molar-refractivity contribution in [2.24, 2.45) is 0 Å². The van der Waals surface area contributed by atoms with E-state index in [1.54, 1.807) is 0 Å². The SMILES string of the molecule is CC1NCCc2cn[c]cc21. The fourth-order valence-electron chi connectivity index (χ4n) is 1.53. The zero-order valence-corrected chi connectivity index (χ0v) is 6.59. The molecule has 1 atom stereocenters. The first-order chi connectivity index (χ1) is 5.38. The fraction of sp³-hybridized carbons (Fsp3) is 0.444. The third-order valence-electron chi connectivity index (χ3n) is 2.20. The first kappa shape index (κ1) is 6.80. The van der Waals surface area contributed by atoms with Crippen LogP contribution >= 0.6 is 0 Å². The molecule has 1 aliphatic rings. The van der Waals surface area contributed by atoms with Gasteiger partial charge in [0.1, 0.15) is 0 Å². The fourth-order valence-corrected chi connectivity index (χ4v) is 1.53. The minimum Gasteiger partial charge on any atom is -0.310 e. The maximum atomic E-state index is 3.98. The van der Waals surface area contributed by atoms with Gasteiger partial charge in [-0.05, 0) is 37.1 Å².